The molecule has 2 heteroatoms. The Kier molecular flexibility index (Phi) is 4.89. The summed E-state index contributed by atoms with van der Waals surface area (Å²) < 4.78 is 0. The van der Waals surface area contributed by atoms with Crippen LogP contribution in [0.1, 0.15) is 0 Å². The molecule has 0 saturated heterocycles. The zero-order chi connectivity index (χ0) is 20.2. The topological polar surface area (TPSA) is 25.8 Å². The lowest BCUT2D eigenvalue weighted by Gasteiger charge is -2.17. The molecule has 142 valence electrons. The van der Waals surface area contributed by atoms with E-state index in [1.165, 1.54) is 33.4 Å². The molecule has 0 atom stereocenters. The van der Waals surface area contributed by atoms with E-state index in [0.717, 1.165) is 11.1 Å². The molecule has 3 aromatic carbocycles. The van der Waals surface area contributed by atoms with Gasteiger partial charge in [-0.05, 0) is 68.8 Å². The molecule has 0 aliphatic carbocycles. The van der Waals surface area contributed by atoms with Gasteiger partial charge in [0.1, 0.15) is 0 Å². The minimum atomic E-state index is 1.16. The van der Waals surface area contributed by atoms with Gasteiger partial charge in [0.2, 0.25) is 0 Å². The van der Waals surface area contributed by atoms with Crippen molar-refractivity contribution >= 4 is 0 Å². The van der Waals surface area contributed by atoms with Crippen molar-refractivity contribution in [1.82, 2.24) is 9.97 Å². The van der Waals surface area contributed by atoms with Crippen LogP contribution >= 0.6 is 0 Å². The van der Waals surface area contributed by atoms with Crippen molar-refractivity contribution in [2.24, 2.45) is 0 Å². The smallest absolute Gasteiger partial charge is 0.0273 e. The Morgan fingerprint density at radius 1 is 0.300 bits per heavy atom. The summed E-state index contributed by atoms with van der Waals surface area (Å²) in [6, 6.07) is 34.0. The second-order valence-corrected chi connectivity index (χ2v) is 7.11. The fourth-order valence-corrected chi connectivity index (χ4v) is 3.96. The first-order chi connectivity index (χ1) is 14.9. The van der Waals surface area contributed by atoms with Crippen LogP contribution in [0.2, 0.25) is 0 Å². The molecule has 5 rings (SSSR count). The number of rotatable bonds is 4. The SMILES string of the molecule is c1ccc(-c2ccccc2-c2ccccc2-c2ccncc2)c(-c2ccncc2)c1. The molecule has 2 nitrogen and oxygen atoms in total. The third kappa shape index (κ3) is 3.40. The van der Waals surface area contributed by atoms with Crippen LogP contribution < -0.4 is 0 Å². The van der Waals surface area contributed by atoms with Gasteiger partial charge in [0.25, 0.3) is 0 Å². The van der Waals surface area contributed by atoms with Gasteiger partial charge in [-0.3, -0.25) is 9.97 Å². The highest BCUT2D eigenvalue weighted by atomic mass is 14.6. The average Bonchev–Trinajstić information content (AvgIpc) is 2.85. The Morgan fingerprint density at radius 2 is 0.567 bits per heavy atom. The molecule has 0 fully saturated rings. The lowest BCUT2D eigenvalue weighted by Crippen LogP contribution is -1.91. The molecule has 30 heavy (non-hydrogen) atoms. The van der Waals surface area contributed by atoms with E-state index in [1.54, 1.807) is 0 Å². The monoisotopic (exact) mass is 384 g/mol. The molecule has 0 N–H and O–H groups in total. The highest BCUT2D eigenvalue weighted by molar-refractivity contribution is 5.95. The van der Waals surface area contributed by atoms with Crippen molar-refractivity contribution in [2.45, 2.75) is 0 Å². The number of hydrogen-bond acceptors (Lipinski definition) is 2. The van der Waals surface area contributed by atoms with E-state index in [0.29, 0.717) is 0 Å². The molecule has 0 amide bonds. The summed E-state index contributed by atoms with van der Waals surface area (Å²) in [5.74, 6) is 0. The predicted molar refractivity (Wildman–Crippen MR) is 124 cm³/mol. The molecule has 0 unspecified atom stereocenters. The maximum Gasteiger partial charge on any atom is 0.0273 e. The highest BCUT2D eigenvalue weighted by Crippen LogP contribution is 2.40. The number of nitrogens with zero attached hydrogens (tertiary/aromatic N) is 2. The summed E-state index contributed by atoms with van der Waals surface area (Å²) in [7, 11) is 0. The number of benzene rings is 3. The average molecular weight is 384 g/mol. The van der Waals surface area contributed by atoms with Crippen LogP contribution in [0.3, 0.4) is 0 Å². The van der Waals surface area contributed by atoms with Gasteiger partial charge in [-0.25, -0.2) is 0 Å². The Morgan fingerprint density at radius 3 is 0.900 bits per heavy atom. The largest absolute Gasteiger partial charge is 0.265 e. The van der Waals surface area contributed by atoms with E-state index in [1.807, 2.05) is 24.8 Å². The van der Waals surface area contributed by atoms with E-state index in [4.69, 9.17) is 0 Å². The van der Waals surface area contributed by atoms with Crippen molar-refractivity contribution in [3.8, 4) is 44.5 Å². The van der Waals surface area contributed by atoms with Crippen LogP contribution in [0.25, 0.3) is 44.5 Å². The van der Waals surface area contributed by atoms with Gasteiger partial charge in [0.15, 0.2) is 0 Å². The zero-order valence-electron chi connectivity index (χ0n) is 16.4. The minimum absolute atomic E-state index is 1.16. The van der Waals surface area contributed by atoms with Crippen molar-refractivity contribution in [3.63, 3.8) is 0 Å². The van der Waals surface area contributed by atoms with Crippen LogP contribution in [-0.2, 0) is 0 Å². The molecule has 2 heterocycles. The van der Waals surface area contributed by atoms with Crippen LogP contribution in [-0.4, -0.2) is 9.97 Å². The molecular formula is C28H20N2. The van der Waals surface area contributed by atoms with Gasteiger partial charge in [-0.15, -0.1) is 0 Å². The normalized spacial score (nSPS) is 10.7. The van der Waals surface area contributed by atoms with E-state index in [2.05, 4.69) is 107 Å². The summed E-state index contributed by atoms with van der Waals surface area (Å²) in [6.45, 7) is 0. The third-order valence-electron chi connectivity index (χ3n) is 5.34. The lowest BCUT2D eigenvalue weighted by atomic mass is 9.87. The summed E-state index contributed by atoms with van der Waals surface area (Å²) >= 11 is 0. The standard InChI is InChI=1S/C28H20N2/c1-3-9-25(23(7-1)21-13-17-29-18-14-21)27-11-5-6-12-28(27)26-10-4-2-8-24(26)22-15-19-30-20-16-22/h1-20H. The summed E-state index contributed by atoms with van der Waals surface area (Å²) in [6.07, 6.45) is 7.38. The maximum atomic E-state index is 4.18. The van der Waals surface area contributed by atoms with Gasteiger partial charge in [0, 0.05) is 24.8 Å². The molecule has 0 aliphatic heterocycles. The van der Waals surface area contributed by atoms with E-state index >= 15 is 0 Å². The second kappa shape index (κ2) is 8.14. The van der Waals surface area contributed by atoms with Crippen LogP contribution in [0, 0.1) is 0 Å². The molecule has 0 radical (unpaired) electrons. The molecule has 0 aliphatic rings. The third-order valence-corrected chi connectivity index (χ3v) is 5.34. The first kappa shape index (κ1) is 18.0. The fraction of sp³-hybridized carbons (Fsp3) is 0. The van der Waals surface area contributed by atoms with E-state index < -0.39 is 0 Å². The van der Waals surface area contributed by atoms with Crippen molar-refractivity contribution in [2.75, 3.05) is 0 Å². The van der Waals surface area contributed by atoms with Gasteiger partial charge in [-0.2, -0.15) is 0 Å². The van der Waals surface area contributed by atoms with Gasteiger partial charge < -0.3 is 0 Å². The number of pyridine rings is 2. The first-order valence-electron chi connectivity index (χ1n) is 10.0. The second-order valence-electron chi connectivity index (χ2n) is 7.11. The predicted octanol–water partition coefficient (Wildman–Crippen LogP) is 7.14. The molecule has 0 bridgehead atoms. The Bertz CT molecular complexity index is 1180. The Hall–Kier alpha value is -4.04. The Labute approximate surface area is 176 Å². The number of hydrogen-bond donors (Lipinski definition) is 0. The van der Waals surface area contributed by atoms with E-state index in [-0.39, 0.29) is 0 Å². The fourth-order valence-electron chi connectivity index (χ4n) is 3.96. The van der Waals surface area contributed by atoms with Crippen LogP contribution in [0.15, 0.2) is 122 Å². The minimum Gasteiger partial charge on any atom is -0.265 e. The van der Waals surface area contributed by atoms with Gasteiger partial charge in [0.05, 0.1) is 0 Å². The Balaban J connectivity index is 1.73. The summed E-state index contributed by atoms with van der Waals surface area (Å²) in [5.41, 5.74) is 9.59. The quantitative estimate of drug-likeness (QED) is 0.329. The zero-order valence-corrected chi connectivity index (χ0v) is 16.4. The van der Waals surface area contributed by atoms with Gasteiger partial charge >= 0.3 is 0 Å². The van der Waals surface area contributed by atoms with Crippen molar-refractivity contribution in [1.29, 1.82) is 0 Å². The summed E-state index contributed by atoms with van der Waals surface area (Å²) in [4.78, 5) is 8.36. The molecule has 5 aromatic rings. The van der Waals surface area contributed by atoms with Crippen molar-refractivity contribution < 1.29 is 0 Å². The summed E-state index contributed by atoms with van der Waals surface area (Å²) in [5, 5.41) is 0. The van der Waals surface area contributed by atoms with Crippen LogP contribution in [0.4, 0.5) is 0 Å². The molecule has 0 saturated carbocycles. The van der Waals surface area contributed by atoms with E-state index in [9.17, 15) is 0 Å². The van der Waals surface area contributed by atoms with Crippen LogP contribution in [0.5, 0.6) is 0 Å². The first-order valence-corrected chi connectivity index (χ1v) is 10.0. The molecule has 2 aromatic heterocycles. The molecular weight excluding hydrogens is 364 g/mol. The van der Waals surface area contributed by atoms with Gasteiger partial charge in [-0.1, -0.05) is 72.8 Å². The highest BCUT2D eigenvalue weighted by Gasteiger charge is 2.14. The number of aromatic nitrogens is 2. The maximum absolute atomic E-state index is 4.18. The molecule has 0 spiro atoms. The van der Waals surface area contributed by atoms with Crippen molar-refractivity contribution in [3.05, 3.63) is 122 Å². The lowest BCUT2D eigenvalue weighted by molar-refractivity contribution is 1.33.